The molecule has 1 atom stereocenters. The Morgan fingerprint density at radius 3 is 2.61 bits per heavy atom. The highest BCUT2D eigenvalue weighted by Crippen LogP contribution is 2.15. The number of sulfone groups is 1. The maximum absolute atomic E-state index is 11.0. The van der Waals surface area contributed by atoms with Crippen LogP contribution in [0.4, 0.5) is 0 Å². The molecule has 0 amide bonds. The molecule has 1 aromatic rings. The van der Waals surface area contributed by atoms with Gasteiger partial charge < -0.3 is 10.0 Å². The van der Waals surface area contributed by atoms with Gasteiger partial charge in [-0.15, -0.1) is 0 Å². The van der Waals surface area contributed by atoms with E-state index in [1.807, 2.05) is 43.1 Å². The van der Waals surface area contributed by atoms with Crippen LogP contribution in [0.3, 0.4) is 0 Å². The van der Waals surface area contributed by atoms with E-state index in [4.69, 9.17) is 0 Å². The van der Waals surface area contributed by atoms with Gasteiger partial charge >= 0.3 is 0 Å². The number of aryl methyl sites for hydroxylation is 1. The number of hydrogen-bond donors (Lipinski definition) is 1. The van der Waals surface area contributed by atoms with Crippen LogP contribution in [0, 0.1) is 6.92 Å². The lowest BCUT2D eigenvalue weighted by Crippen LogP contribution is -2.29. The van der Waals surface area contributed by atoms with Gasteiger partial charge in [0.1, 0.15) is 9.84 Å². The minimum atomic E-state index is -2.95. The predicted octanol–water partition coefficient (Wildman–Crippen LogP) is 1.00. The van der Waals surface area contributed by atoms with Crippen molar-refractivity contribution in [2.24, 2.45) is 0 Å². The molecule has 0 aliphatic heterocycles. The molecule has 5 heteroatoms. The monoisotopic (exact) mass is 271 g/mol. The maximum atomic E-state index is 11.0. The zero-order chi connectivity index (χ0) is 13.8. The Kier molecular flexibility index (Phi) is 5.31. The summed E-state index contributed by atoms with van der Waals surface area (Å²) < 4.78 is 22.1. The first-order chi connectivity index (χ1) is 8.28. The molecule has 1 rings (SSSR count). The minimum Gasteiger partial charge on any atom is -0.387 e. The van der Waals surface area contributed by atoms with E-state index in [1.165, 1.54) is 6.26 Å². The molecule has 0 fully saturated rings. The van der Waals surface area contributed by atoms with E-state index in [0.29, 0.717) is 13.1 Å². The van der Waals surface area contributed by atoms with E-state index >= 15 is 0 Å². The number of likely N-dealkylation sites (N-methyl/N-ethyl adjacent to an activating group) is 1. The fraction of sp³-hybridized carbons (Fsp3) is 0.538. The second-order valence-electron chi connectivity index (χ2n) is 4.82. The molecule has 1 N–H and O–H groups in total. The number of rotatable bonds is 6. The van der Waals surface area contributed by atoms with Crippen LogP contribution in [0.5, 0.6) is 0 Å². The fourth-order valence-corrected chi connectivity index (χ4v) is 2.33. The molecule has 0 bridgehead atoms. The highest BCUT2D eigenvalue weighted by molar-refractivity contribution is 7.90. The molecule has 0 heterocycles. The van der Waals surface area contributed by atoms with Crippen LogP contribution >= 0.6 is 0 Å². The fourth-order valence-electron chi connectivity index (χ4n) is 1.69. The second-order valence-corrected chi connectivity index (χ2v) is 7.08. The average molecular weight is 271 g/mol. The number of nitrogens with zero attached hydrogens (tertiary/aromatic N) is 1. The number of benzene rings is 1. The molecule has 0 radical (unpaired) electrons. The summed E-state index contributed by atoms with van der Waals surface area (Å²) in [6.45, 7) is 2.84. The van der Waals surface area contributed by atoms with Gasteiger partial charge in [-0.1, -0.05) is 29.8 Å². The molecule has 0 saturated carbocycles. The molecule has 0 aliphatic carbocycles. The van der Waals surface area contributed by atoms with Gasteiger partial charge in [0.25, 0.3) is 0 Å². The van der Waals surface area contributed by atoms with Gasteiger partial charge in [-0.3, -0.25) is 0 Å². The van der Waals surface area contributed by atoms with E-state index in [1.54, 1.807) is 0 Å². The van der Waals surface area contributed by atoms with E-state index in [9.17, 15) is 13.5 Å². The zero-order valence-corrected chi connectivity index (χ0v) is 11.9. The largest absolute Gasteiger partial charge is 0.387 e. The lowest BCUT2D eigenvalue weighted by Gasteiger charge is -2.20. The third-order valence-electron chi connectivity index (χ3n) is 2.76. The summed E-state index contributed by atoms with van der Waals surface area (Å²) in [4.78, 5) is 1.83. The summed E-state index contributed by atoms with van der Waals surface area (Å²) in [5.74, 6) is 0.115. The van der Waals surface area contributed by atoms with Crippen LogP contribution < -0.4 is 0 Å². The van der Waals surface area contributed by atoms with Gasteiger partial charge in [0.2, 0.25) is 0 Å². The topological polar surface area (TPSA) is 57.6 Å². The summed E-state index contributed by atoms with van der Waals surface area (Å²) in [7, 11) is -1.14. The molecule has 18 heavy (non-hydrogen) atoms. The molecule has 0 spiro atoms. The molecule has 102 valence electrons. The highest BCUT2D eigenvalue weighted by atomic mass is 32.2. The molecule has 0 aliphatic rings. The molecule has 0 aromatic heterocycles. The first-order valence-electron chi connectivity index (χ1n) is 5.89. The Balaban J connectivity index is 2.52. The number of hydrogen-bond acceptors (Lipinski definition) is 4. The third-order valence-corrected chi connectivity index (χ3v) is 3.68. The molecular formula is C13H21NO3S. The molecule has 4 nitrogen and oxygen atoms in total. The van der Waals surface area contributed by atoms with E-state index in [0.717, 1.165) is 11.1 Å². The first kappa shape index (κ1) is 15.1. The smallest absolute Gasteiger partial charge is 0.148 e. The Hall–Kier alpha value is -0.910. The number of aliphatic hydroxyl groups excluding tert-OH is 1. The van der Waals surface area contributed by atoms with Crippen LogP contribution in [0.2, 0.25) is 0 Å². The Bertz CT molecular complexity index is 485. The summed E-state index contributed by atoms with van der Waals surface area (Å²) in [6.07, 6.45) is 0.632. The van der Waals surface area contributed by atoms with E-state index in [2.05, 4.69) is 0 Å². The van der Waals surface area contributed by atoms with E-state index < -0.39 is 15.9 Å². The second kappa shape index (κ2) is 6.31. The van der Waals surface area contributed by atoms with Gasteiger partial charge in [-0.25, -0.2) is 8.42 Å². The van der Waals surface area contributed by atoms with Gasteiger partial charge in [0.05, 0.1) is 11.9 Å². The average Bonchev–Trinajstić information content (AvgIpc) is 2.25. The van der Waals surface area contributed by atoms with Crippen LogP contribution in [0.1, 0.15) is 17.2 Å². The Morgan fingerprint density at radius 2 is 2.06 bits per heavy atom. The van der Waals surface area contributed by atoms with Crippen molar-refractivity contribution in [3.8, 4) is 0 Å². The van der Waals surface area contributed by atoms with Crippen LogP contribution in [-0.4, -0.2) is 50.6 Å². The van der Waals surface area contributed by atoms with Crippen molar-refractivity contribution >= 4 is 9.84 Å². The summed E-state index contributed by atoms with van der Waals surface area (Å²) in [6, 6.07) is 7.70. The van der Waals surface area contributed by atoms with Crippen molar-refractivity contribution in [3.05, 3.63) is 35.4 Å². The van der Waals surface area contributed by atoms with Gasteiger partial charge in [0, 0.05) is 19.3 Å². The standard InChI is InChI=1S/C13H21NO3S/c1-11-5-4-6-12(9-11)13(15)10-14(2)7-8-18(3,16)17/h4-6,9,13,15H,7-8,10H2,1-3H3. The summed E-state index contributed by atoms with van der Waals surface area (Å²) in [5, 5.41) is 10.1. The Labute approximate surface area is 109 Å². The molecule has 0 saturated heterocycles. The van der Waals surface area contributed by atoms with Crippen molar-refractivity contribution in [2.45, 2.75) is 13.0 Å². The quantitative estimate of drug-likeness (QED) is 0.839. The summed E-state index contributed by atoms with van der Waals surface area (Å²) >= 11 is 0. The highest BCUT2D eigenvalue weighted by Gasteiger charge is 2.12. The molecular weight excluding hydrogens is 250 g/mol. The van der Waals surface area contributed by atoms with E-state index in [-0.39, 0.29) is 5.75 Å². The SMILES string of the molecule is Cc1cccc(C(O)CN(C)CCS(C)(=O)=O)c1. The Morgan fingerprint density at radius 1 is 1.39 bits per heavy atom. The molecule has 1 unspecified atom stereocenters. The van der Waals surface area contributed by atoms with Gasteiger partial charge in [-0.05, 0) is 19.5 Å². The zero-order valence-electron chi connectivity index (χ0n) is 11.1. The lowest BCUT2D eigenvalue weighted by atomic mass is 10.1. The van der Waals surface area contributed by atoms with Crippen LogP contribution in [-0.2, 0) is 9.84 Å². The van der Waals surface area contributed by atoms with Crippen molar-refractivity contribution < 1.29 is 13.5 Å². The van der Waals surface area contributed by atoms with Gasteiger partial charge in [0.15, 0.2) is 0 Å². The van der Waals surface area contributed by atoms with Crippen molar-refractivity contribution in [1.29, 1.82) is 0 Å². The van der Waals surface area contributed by atoms with Gasteiger partial charge in [-0.2, -0.15) is 0 Å². The first-order valence-corrected chi connectivity index (χ1v) is 7.95. The summed E-state index contributed by atoms with van der Waals surface area (Å²) in [5.41, 5.74) is 1.96. The lowest BCUT2D eigenvalue weighted by molar-refractivity contribution is 0.130. The maximum Gasteiger partial charge on any atom is 0.148 e. The minimum absolute atomic E-state index is 0.115. The van der Waals surface area contributed by atoms with Crippen molar-refractivity contribution in [1.82, 2.24) is 4.90 Å². The normalized spacial score (nSPS) is 13.8. The third kappa shape index (κ3) is 5.62. The van der Waals surface area contributed by atoms with Crippen LogP contribution in [0.25, 0.3) is 0 Å². The molecule has 1 aromatic carbocycles. The predicted molar refractivity (Wildman–Crippen MR) is 73.3 cm³/mol. The van der Waals surface area contributed by atoms with Crippen molar-refractivity contribution in [2.75, 3.05) is 32.1 Å². The van der Waals surface area contributed by atoms with Crippen LogP contribution in [0.15, 0.2) is 24.3 Å². The number of aliphatic hydroxyl groups is 1. The van der Waals surface area contributed by atoms with Crippen molar-refractivity contribution in [3.63, 3.8) is 0 Å².